The zero-order valence-electron chi connectivity index (χ0n) is 27.0. The Hall–Kier alpha value is -1.47. The molecule has 2 N–H and O–H groups in total. The van der Waals surface area contributed by atoms with Crippen molar-refractivity contribution in [2.24, 2.45) is 17.3 Å². The maximum absolute atomic E-state index is 13.1. The van der Waals surface area contributed by atoms with Crippen LogP contribution in [0.1, 0.15) is 99.8 Å². The van der Waals surface area contributed by atoms with Crippen LogP contribution in [0.5, 0.6) is 0 Å². The summed E-state index contributed by atoms with van der Waals surface area (Å²) >= 11 is 0. The van der Waals surface area contributed by atoms with E-state index < -0.39 is 40.8 Å². The first-order valence-corrected chi connectivity index (χ1v) is 19.2. The van der Waals surface area contributed by atoms with Crippen molar-refractivity contribution >= 4 is 39.6 Å². The molecule has 0 spiro atoms. The average molecular weight is 670 g/mol. The van der Waals surface area contributed by atoms with Crippen molar-refractivity contribution < 1.29 is 44.6 Å². The van der Waals surface area contributed by atoms with E-state index in [1.165, 1.54) is 18.6 Å². The molecule has 0 aromatic heterocycles. The molecule has 1 unspecified atom stereocenters. The highest BCUT2D eigenvalue weighted by Gasteiger charge is 2.83. The molecule has 3 saturated heterocycles. The summed E-state index contributed by atoms with van der Waals surface area (Å²) in [6.45, 7) is 8.95. The van der Waals surface area contributed by atoms with Gasteiger partial charge >= 0.3 is 12.1 Å². The highest BCUT2D eigenvalue weighted by atomic mass is 33.1. The number of cyclic esters (lactones) is 1. The second kappa shape index (κ2) is 12.9. The molecule has 4 heterocycles. The number of epoxide rings is 1. The van der Waals surface area contributed by atoms with Crippen LogP contribution in [0.15, 0.2) is 11.1 Å². The lowest BCUT2D eigenvalue weighted by Gasteiger charge is -2.65. The van der Waals surface area contributed by atoms with Gasteiger partial charge in [0.15, 0.2) is 18.0 Å². The number of carbonyl (C=O) groups excluding carboxylic acids is 3. The molecule has 4 fully saturated rings. The van der Waals surface area contributed by atoms with Gasteiger partial charge in [-0.2, -0.15) is 0 Å². The lowest BCUT2D eigenvalue weighted by atomic mass is 9.46. The first-order chi connectivity index (χ1) is 21.5. The number of aliphatic hydroxyl groups is 1. The van der Waals surface area contributed by atoms with Gasteiger partial charge in [-0.3, -0.25) is 4.79 Å². The Morgan fingerprint density at radius 2 is 1.96 bits per heavy atom. The van der Waals surface area contributed by atoms with Crippen LogP contribution in [-0.2, 0) is 33.3 Å². The van der Waals surface area contributed by atoms with E-state index in [0.29, 0.717) is 51.5 Å². The van der Waals surface area contributed by atoms with Crippen LogP contribution >= 0.6 is 21.6 Å². The topological polar surface area (TPSA) is 133 Å². The number of esters is 1. The molecule has 12 heteroatoms. The van der Waals surface area contributed by atoms with Gasteiger partial charge in [-0.15, -0.1) is 0 Å². The maximum Gasteiger partial charge on any atom is 0.508 e. The number of unbranched alkanes of at least 4 members (excludes halogenated alkanes) is 2. The molecular formula is C33H51NO9S2. The van der Waals surface area contributed by atoms with Gasteiger partial charge < -0.3 is 34.1 Å². The van der Waals surface area contributed by atoms with Crippen LogP contribution in [0, 0.1) is 17.3 Å². The summed E-state index contributed by atoms with van der Waals surface area (Å²) in [6, 6.07) is 0. The molecule has 1 amide bonds. The van der Waals surface area contributed by atoms with Gasteiger partial charge in [0.05, 0.1) is 6.61 Å². The lowest BCUT2D eigenvalue weighted by molar-refractivity contribution is -0.328. The van der Waals surface area contributed by atoms with Gasteiger partial charge in [0, 0.05) is 36.4 Å². The first-order valence-electron chi connectivity index (χ1n) is 16.8. The third kappa shape index (κ3) is 5.72. The molecule has 2 aliphatic carbocycles. The Morgan fingerprint density at radius 3 is 2.71 bits per heavy atom. The van der Waals surface area contributed by atoms with Crippen molar-refractivity contribution in [1.29, 1.82) is 0 Å². The second-order valence-corrected chi connectivity index (χ2v) is 17.1. The van der Waals surface area contributed by atoms with Crippen LogP contribution in [0.2, 0.25) is 0 Å². The predicted molar refractivity (Wildman–Crippen MR) is 172 cm³/mol. The minimum absolute atomic E-state index is 0. The summed E-state index contributed by atoms with van der Waals surface area (Å²) in [5, 5.41) is 16.3. The summed E-state index contributed by atoms with van der Waals surface area (Å²) in [4.78, 5) is 37.6. The van der Waals surface area contributed by atoms with Gasteiger partial charge in [-0.25, -0.2) is 9.59 Å². The van der Waals surface area contributed by atoms with Gasteiger partial charge in [0.25, 0.3) is 0 Å². The molecule has 10 nitrogen and oxygen atoms in total. The first kappa shape index (κ1) is 33.4. The quantitative estimate of drug-likeness (QED) is 0.115. The van der Waals surface area contributed by atoms with Crippen molar-refractivity contribution in [3.8, 4) is 0 Å². The summed E-state index contributed by atoms with van der Waals surface area (Å²) in [7, 11) is 3.93. The fraction of sp³-hybridized carbons (Fsp3) is 0.848. The number of hydrogen-bond donors (Lipinski definition) is 2. The van der Waals surface area contributed by atoms with Crippen molar-refractivity contribution in [3.05, 3.63) is 11.1 Å². The average Bonchev–Trinajstić information content (AvgIpc) is 3.29. The molecule has 6 aliphatic rings. The minimum Gasteiger partial charge on any atom is -0.458 e. The molecule has 4 aliphatic heterocycles. The zero-order chi connectivity index (χ0) is 32.0. The summed E-state index contributed by atoms with van der Waals surface area (Å²) in [6.07, 6.45) is 5.93. The molecule has 0 radical (unpaired) electrons. The van der Waals surface area contributed by atoms with E-state index in [4.69, 9.17) is 23.7 Å². The number of fused-ring (bicyclic) bond motifs is 5. The monoisotopic (exact) mass is 669 g/mol. The fourth-order valence-electron chi connectivity index (χ4n) is 8.74. The van der Waals surface area contributed by atoms with Crippen LogP contribution < -0.4 is 5.32 Å². The minimum atomic E-state index is -1.53. The highest BCUT2D eigenvalue weighted by molar-refractivity contribution is 8.77. The number of ether oxygens (including phenoxy) is 5. The Morgan fingerprint density at radius 1 is 1.13 bits per heavy atom. The standard InChI is InChI=1S/C33H49NO9S2.H2/c1-20(2)33-27(41-29(37)39-17-8-7-16-34-25(35)10-6-5-9-21-13-18-44-45-21)32(38)15-12-24-23-19-40-26(36)22(23)11-14-30(24,3)31(32,4)42-28(33)43-33;/h20-21,24,27-28,38H,5-19H2,1-4H3,(H,34,35);1H/t21?,24-,27-,28+,30-,31+,32+,33+;/m0./s1. The fourth-order valence-corrected chi connectivity index (χ4v) is 11.8. The van der Waals surface area contributed by atoms with Crippen LogP contribution in [0.4, 0.5) is 4.79 Å². The van der Waals surface area contributed by atoms with E-state index in [-0.39, 0.29) is 38.4 Å². The number of amides is 1. The lowest BCUT2D eigenvalue weighted by Crippen LogP contribution is -2.78. The van der Waals surface area contributed by atoms with Crippen molar-refractivity contribution in [3.63, 3.8) is 0 Å². The van der Waals surface area contributed by atoms with Gasteiger partial charge in [0.2, 0.25) is 5.91 Å². The zero-order valence-corrected chi connectivity index (χ0v) is 28.7. The summed E-state index contributed by atoms with van der Waals surface area (Å²) < 4.78 is 29.8. The van der Waals surface area contributed by atoms with Crippen LogP contribution in [0.25, 0.3) is 0 Å². The Balaban J connectivity index is 0.00000417. The Labute approximate surface area is 275 Å². The number of nitrogens with one attached hydrogen (secondary N) is 1. The van der Waals surface area contributed by atoms with Crippen molar-refractivity contribution in [2.75, 3.05) is 25.5 Å². The summed E-state index contributed by atoms with van der Waals surface area (Å²) in [5.74, 6) is 0.986. The summed E-state index contributed by atoms with van der Waals surface area (Å²) in [5.41, 5.74) is -2.36. The van der Waals surface area contributed by atoms with E-state index in [2.05, 4.69) is 12.2 Å². The SMILES string of the molecule is CC(C)[C@]12O[C@H]1O[C@]1(C)[C@@]3(C)CCC4=C(COC4=O)[C@@H]3CC[C@@]1(O)[C@@H]2OC(=O)OCCCCNC(=O)CCCCC1CCSS1.[HH]. The largest absolute Gasteiger partial charge is 0.508 e. The van der Waals surface area contributed by atoms with Crippen molar-refractivity contribution in [1.82, 2.24) is 5.32 Å². The molecule has 0 aromatic carbocycles. The molecule has 254 valence electrons. The third-order valence-electron chi connectivity index (χ3n) is 11.8. The molecular weight excluding hydrogens is 618 g/mol. The van der Waals surface area contributed by atoms with E-state index in [0.717, 1.165) is 29.2 Å². The maximum atomic E-state index is 13.1. The number of carbonyl (C=O) groups is 3. The van der Waals surface area contributed by atoms with Gasteiger partial charge in [0.1, 0.15) is 17.8 Å². The predicted octanol–water partition coefficient (Wildman–Crippen LogP) is 5.70. The number of rotatable bonds is 12. The third-order valence-corrected chi connectivity index (χ3v) is 14.8. The molecule has 8 atom stereocenters. The Kier molecular flexibility index (Phi) is 9.55. The van der Waals surface area contributed by atoms with Crippen LogP contribution in [0.3, 0.4) is 0 Å². The molecule has 6 rings (SSSR count). The molecule has 45 heavy (non-hydrogen) atoms. The number of hydrogen-bond acceptors (Lipinski definition) is 11. The van der Waals surface area contributed by atoms with E-state index in [1.807, 2.05) is 42.4 Å². The smallest absolute Gasteiger partial charge is 0.458 e. The molecule has 1 saturated carbocycles. The molecule has 0 bridgehead atoms. The Bertz CT molecular complexity index is 1210. The molecule has 0 aromatic rings. The van der Waals surface area contributed by atoms with E-state index in [9.17, 15) is 19.5 Å². The van der Waals surface area contributed by atoms with Crippen molar-refractivity contribution in [2.45, 2.75) is 133 Å². The second-order valence-electron chi connectivity index (χ2n) is 14.4. The highest BCUT2D eigenvalue weighted by Crippen LogP contribution is 2.69. The van der Waals surface area contributed by atoms with Gasteiger partial charge in [-0.1, -0.05) is 48.8 Å². The van der Waals surface area contributed by atoms with Gasteiger partial charge in [-0.05, 0) is 82.1 Å². The van der Waals surface area contributed by atoms with E-state index >= 15 is 0 Å². The normalized spacial score (nSPS) is 39.8. The van der Waals surface area contributed by atoms with E-state index in [1.54, 1.807) is 0 Å². The van der Waals surface area contributed by atoms with Crippen LogP contribution in [-0.4, -0.2) is 83.1 Å².